The standard InChI is InChI=1S/C11H14FN3O4S/c1-20-4-10-8(16)11(10,18)6(12)7(19-10)15-3-2-5(13)14-9(15)17/h2-3,6-8,16,18H,4H2,1H3,(H2,13,14,17)/t6-,7+,8?,10+,11+/m0/s1. The molecule has 0 spiro atoms. The Bertz CT molecular complexity index is 614. The average Bonchev–Trinajstić information content (AvgIpc) is 2.73. The molecule has 1 aliphatic carbocycles. The maximum absolute atomic E-state index is 14.4. The highest BCUT2D eigenvalue weighted by atomic mass is 32.2. The fourth-order valence-electron chi connectivity index (χ4n) is 2.79. The molecule has 7 nitrogen and oxygen atoms in total. The molecule has 0 radical (unpaired) electrons. The van der Waals surface area contributed by atoms with Crippen molar-refractivity contribution >= 4 is 17.6 Å². The van der Waals surface area contributed by atoms with E-state index in [-0.39, 0.29) is 11.6 Å². The first-order chi connectivity index (χ1) is 9.38. The summed E-state index contributed by atoms with van der Waals surface area (Å²) >= 11 is 1.31. The van der Waals surface area contributed by atoms with E-state index in [0.29, 0.717) is 0 Å². The molecule has 1 aliphatic heterocycles. The number of aromatic nitrogens is 2. The van der Waals surface area contributed by atoms with Crippen molar-refractivity contribution in [2.75, 3.05) is 17.7 Å². The van der Waals surface area contributed by atoms with Gasteiger partial charge in [0, 0.05) is 11.9 Å². The van der Waals surface area contributed by atoms with Crippen LogP contribution in [0.4, 0.5) is 10.2 Å². The zero-order chi connectivity index (χ0) is 14.7. The minimum Gasteiger partial charge on any atom is -0.387 e. The van der Waals surface area contributed by atoms with Gasteiger partial charge in [-0.15, -0.1) is 0 Å². The zero-order valence-electron chi connectivity index (χ0n) is 10.6. The normalized spacial score (nSPS) is 42.5. The predicted molar refractivity (Wildman–Crippen MR) is 70.0 cm³/mol. The molecule has 1 saturated heterocycles. The number of fused-ring (bicyclic) bond motifs is 1. The van der Waals surface area contributed by atoms with E-state index in [1.165, 1.54) is 24.0 Å². The number of ether oxygens (including phenoxy) is 1. The first-order valence-corrected chi connectivity index (χ1v) is 7.34. The number of aliphatic hydroxyl groups is 2. The van der Waals surface area contributed by atoms with Crippen molar-refractivity contribution in [3.05, 3.63) is 22.7 Å². The summed E-state index contributed by atoms with van der Waals surface area (Å²) in [6.45, 7) is 0. The Morgan fingerprint density at radius 2 is 2.40 bits per heavy atom. The highest BCUT2D eigenvalue weighted by molar-refractivity contribution is 7.98. The van der Waals surface area contributed by atoms with Crippen LogP contribution >= 0.6 is 11.8 Å². The van der Waals surface area contributed by atoms with Gasteiger partial charge in [-0.2, -0.15) is 16.7 Å². The van der Waals surface area contributed by atoms with Gasteiger partial charge < -0.3 is 20.7 Å². The number of hydrogen-bond acceptors (Lipinski definition) is 7. The van der Waals surface area contributed by atoms with E-state index < -0.39 is 35.4 Å². The lowest BCUT2D eigenvalue weighted by molar-refractivity contribution is -0.0864. The van der Waals surface area contributed by atoms with E-state index in [2.05, 4.69) is 4.98 Å². The molecule has 1 unspecified atom stereocenters. The first kappa shape index (κ1) is 13.8. The molecule has 1 aromatic heterocycles. The molecule has 20 heavy (non-hydrogen) atoms. The molecule has 9 heteroatoms. The van der Waals surface area contributed by atoms with Crippen LogP contribution in [-0.2, 0) is 4.74 Å². The monoisotopic (exact) mass is 303 g/mol. The van der Waals surface area contributed by atoms with Crippen molar-refractivity contribution in [3.8, 4) is 0 Å². The van der Waals surface area contributed by atoms with Gasteiger partial charge in [-0.1, -0.05) is 0 Å². The second-order valence-corrected chi connectivity index (χ2v) is 5.87. The number of nitrogens with two attached hydrogens (primary N) is 1. The van der Waals surface area contributed by atoms with E-state index in [1.807, 2.05) is 0 Å². The summed E-state index contributed by atoms with van der Waals surface area (Å²) in [6, 6.07) is 1.34. The van der Waals surface area contributed by atoms with Gasteiger partial charge in [0.1, 0.15) is 17.5 Å². The van der Waals surface area contributed by atoms with Crippen LogP contribution in [0.2, 0.25) is 0 Å². The van der Waals surface area contributed by atoms with Crippen molar-refractivity contribution in [1.82, 2.24) is 9.55 Å². The lowest BCUT2D eigenvalue weighted by Crippen LogP contribution is -2.38. The molecule has 0 amide bonds. The van der Waals surface area contributed by atoms with Gasteiger partial charge in [0.15, 0.2) is 18.0 Å². The fraction of sp³-hybridized carbons (Fsp3) is 0.636. The van der Waals surface area contributed by atoms with Gasteiger partial charge in [0.2, 0.25) is 0 Å². The summed E-state index contributed by atoms with van der Waals surface area (Å²) in [4.78, 5) is 15.2. The minimum absolute atomic E-state index is 0.0161. The maximum Gasteiger partial charge on any atom is 0.351 e. The third kappa shape index (κ3) is 1.46. The molecule has 1 saturated carbocycles. The Labute approximate surface area is 117 Å². The van der Waals surface area contributed by atoms with Crippen molar-refractivity contribution in [2.24, 2.45) is 0 Å². The largest absolute Gasteiger partial charge is 0.387 e. The van der Waals surface area contributed by atoms with E-state index >= 15 is 0 Å². The van der Waals surface area contributed by atoms with E-state index in [1.54, 1.807) is 6.26 Å². The van der Waals surface area contributed by atoms with Gasteiger partial charge in [0.05, 0.1) is 0 Å². The maximum atomic E-state index is 14.4. The smallest absolute Gasteiger partial charge is 0.351 e. The van der Waals surface area contributed by atoms with Gasteiger partial charge in [0.25, 0.3) is 0 Å². The Morgan fingerprint density at radius 1 is 1.70 bits per heavy atom. The van der Waals surface area contributed by atoms with Crippen LogP contribution in [0.5, 0.6) is 0 Å². The second-order valence-electron chi connectivity index (χ2n) is 5.00. The molecule has 3 rings (SSSR count). The summed E-state index contributed by atoms with van der Waals surface area (Å²) < 4.78 is 20.8. The number of nitrogen functional groups attached to an aromatic ring is 1. The van der Waals surface area contributed by atoms with Crippen LogP contribution in [0.25, 0.3) is 0 Å². The number of thioether (sulfide) groups is 1. The number of rotatable bonds is 3. The summed E-state index contributed by atoms with van der Waals surface area (Å²) in [6.07, 6.45) is -1.54. The Morgan fingerprint density at radius 3 is 3.00 bits per heavy atom. The van der Waals surface area contributed by atoms with Gasteiger partial charge in [-0.05, 0) is 12.3 Å². The first-order valence-electron chi connectivity index (χ1n) is 5.94. The topological polar surface area (TPSA) is 111 Å². The molecule has 2 fully saturated rings. The summed E-state index contributed by atoms with van der Waals surface area (Å²) in [7, 11) is 0. The van der Waals surface area contributed by atoms with Crippen LogP contribution in [0.1, 0.15) is 6.23 Å². The molecular formula is C11H14FN3O4S. The van der Waals surface area contributed by atoms with Crippen molar-refractivity contribution in [1.29, 1.82) is 0 Å². The van der Waals surface area contributed by atoms with E-state index in [9.17, 15) is 19.4 Å². The summed E-state index contributed by atoms with van der Waals surface area (Å²) in [5.74, 6) is 0.237. The molecular weight excluding hydrogens is 289 g/mol. The van der Waals surface area contributed by atoms with Crippen molar-refractivity contribution in [3.63, 3.8) is 0 Å². The Kier molecular flexibility index (Phi) is 2.88. The molecule has 2 heterocycles. The molecule has 5 atom stereocenters. The third-order valence-corrected chi connectivity index (χ3v) is 4.66. The van der Waals surface area contributed by atoms with Crippen LogP contribution < -0.4 is 11.4 Å². The zero-order valence-corrected chi connectivity index (χ0v) is 11.4. The van der Waals surface area contributed by atoms with Gasteiger partial charge in [-0.25, -0.2) is 9.18 Å². The number of halogens is 1. The third-order valence-electron chi connectivity index (χ3n) is 3.94. The van der Waals surface area contributed by atoms with E-state index in [4.69, 9.17) is 10.5 Å². The summed E-state index contributed by atoms with van der Waals surface area (Å²) in [5, 5.41) is 20.0. The molecule has 0 aromatic carbocycles. The van der Waals surface area contributed by atoms with Crippen molar-refractivity contribution in [2.45, 2.75) is 29.7 Å². The van der Waals surface area contributed by atoms with Gasteiger partial charge >= 0.3 is 5.69 Å². The van der Waals surface area contributed by atoms with Crippen molar-refractivity contribution < 1.29 is 19.3 Å². The highest BCUT2D eigenvalue weighted by Crippen LogP contribution is 2.64. The number of alkyl halides is 1. The minimum atomic E-state index is -1.98. The number of aliphatic hydroxyl groups excluding tert-OH is 1. The lowest BCUT2D eigenvalue weighted by Gasteiger charge is -2.22. The molecule has 110 valence electrons. The number of hydrogen-bond donors (Lipinski definition) is 3. The molecule has 0 bridgehead atoms. The molecule has 1 aromatic rings. The molecule has 4 N–H and O–H groups in total. The quantitative estimate of drug-likeness (QED) is 0.650. The Balaban J connectivity index is 1.97. The highest BCUT2D eigenvalue weighted by Gasteiger charge is 2.87. The summed E-state index contributed by atoms with van der Waals surface area (Å²) in [5.41, 5.74) is 1.24. The second kappa shape index (κ2) is 4.17. The SMILES string of the molecule is CSC[C@]12O[C@@H](n3ccc(N)nc3=O)[C@H](F)[C@@]1(O)C2O. The van der Waals surface area contributed by atoms with Crippen LogP contribution in [0, 0.1) is 0 Å². The Hall–Kier alpha value is -1.16. The number of nitrogens with zero attached hydrogens (tertiary/aromatic N) is 2. The average molecular weight is 303 g/mol. The fourth-order valence-corrected chi connectivity index (χ4v) is 3.68. The van der Waals surface area contributed by atoms with Crippen LogP contribution in [0.15, 0.2) is 17.1 Å². The van der Waals surface area contributed by atoms with E-state index in [0.717, 1.165) is 4.57 Å². The lowest BCUT2D eigenvalue weighted by atomic mass is 10.1. The van der Waals surface area contributed by atoms with Gasteiger partial charge in [-0.3, -0.25) is 4.57 Å². The molecule has 2 aliphatic rings. The van der Waals surface area contributed by atoms with Crippen LogP contribution in [0.3, 0.4) is 0 Å². The number of anilines is 1. The van der Waals surface area contributed by atoms with Crippen LogP contribution in [-0.4, -0.2) is 55.3 Å². The predicted octanol–water partition coefficient (Wildman–Crippen LogP) is -1.10.